The van der Waals surface area contributed by atoms with E-state index in [0.717, 1.165) is 12.0 Å². The van der Waals surface area contributed by atoms with Gasteiger partial charge in [0, 0.05) is 17.0 Å². The predicted molar refractivity (Wildman–Crippen MR) is 109 cm³/mol. The van der Waals surface area contributed by atoms with Gasteiger partial charge in [0.25, 0.3) is 11.6 Å². The van der Waals surface area contributed by atoms with Gasteiger partial charge < -0.3 is 10.1 Å². The first kappa shape index (κ1) is 20.2. The van der Waals surface area contributed by atoms with Crippen LogP contribution in [0.25, 0.3) is 10.6 Å². The quantitative estimate of drug-likeness (QED) is 0.356. The number of carbonyl (C=O) groups is 2. The summed E-state index contributed by atoms with van der Waals surface area (Å²) in [5.41, 5.74) is 1.98. The summed E-state index contributed by atoms with van der Waals surface area (Å²) in [5.74, 6) is -1.42. The van der Waals surface area contributed by atoms with E-state index in [-0.39, 0.29) is 17.1 Å². The topological polar surface area (TPSA) is 111 Å². The lowest BCUT2D eigenvalue weighted by Crippen LogP contribution is -2.21. The van der Waals surface area contributed by atoms with Crippen LogP contribution in [0.2, 0.25) is 0 Å². The molecule has 0 spiro atoms. The van der Waals surface area contributed by atoms with Crippen molar-refractivity contribution in [1.29, 1.82) is 0 Å². The Morgan fingerprint density at radius 2 is 1.90 bits per heavy atom. The Balaban J connectivity index is 1.59. The van der Waals surface area contributed by atoms with Gasteiger partial charge in [-0.2, -0.15) is 0 Å². The maximum Gasteiger partial charge on any atom is 0.358 e. The molecule has 148 valence electrons. The lowest BCUT2D eigenvalue weighted by Gasteiger charge is -2.06. The number of amides is 1. The van der Waals surface area contributed by atoms with Crippen molar-refractivity contribution in [2.75, 3.05) is 11.9 Å². The van der Waals surface area contributed by atoms with E-state index in [4.69, 9.17) is 4.74 Å². The van der Waals surface area contributed by atoms with Gasteiger partial charge in [0.2, 0.25) is 0 Å². The zero-order chi connectivity index (χ0) is 20.8. The number of nitrogens with zero attached hydrogens (tertiary/aromatic N) is 2. The third kappa shape index (κ3) is 5.02. The number of carbonyl (C=O) groups excluding carboxylic acids is 2. The molecule has 29 heavy (non-hydrogen) atoms. The lowest BCUT2D eigenvalue weighted by atomic mass is 10.1. The maximum atomic E-state index is 12.2. The highest BCUT2D eigenvalue weighted by molar-refractivity contribution is 7.13. The number of ether oxygens (including phenoxy) is 1. The molecular weight excluding hydrogens is 394 g/mol. The highest BCUT2D eigenvalue weighted by Gasteiger charge is 2.18. The van der Waals surface area contributed by atoms with E-state index in [0.29, 0.717) is 5.01 Å². The van der Waals surface area contributed by atoms with Gasteiger partial charge in [-0.1, -0.05) is 43.3 Å². The fraction of sp³-hybridized carbons (Fsp3) is 0.150. The molecule has 0 bridgehead atoms. The first-order chi connectivity index (χ1) is 14.0. The van der Waals surface area contributed by atoms with Crippen LogP contribution in [0.3, 0.4) is 0 Å². The number of nitro benzene ring substituents is 1. The Labute approximate surface area is 170 Å². The van der Waals surface area contributed by atoms with Crippen molar-refractivity contribution < 1.29 is 19.2 Å². The normalized spacial score (nSPS) is 10.4. The molecule has 2 aromatic carbocycles. The number of aromatic nitrogens is 1. The highest BCUT2D eigenvalue weighted by Crippen LogP contribution is 2.25. The number of esters is 1. The van der Waals surface area contributed by atoms with Crippen LogP contribution in [0.5, 0.6) is 0 Å². The SMILES string of the molecule is CCc1ccc(-c2nc(C(=O)OCC(=O)Nc3ccccc3[N+](=O)[O-])cs2)cc1. The number of nitro groups is 1. The Hall–Kier alpha value is -3.59. The van der Waals surface area contributed by atoms with Crippen LogP contribution >= 0.6 is 11.3 Å². The van der Waals surface area contributed by atoms with E-state index in [2.05, 4.69) is 17.2 Å². The minimum Gasteiger partial charge on any atom is -0.451 e. The standard InChI is InChI=1S/C20H17N3O5S/c1-2-13-7-9-14(10-8-13)19-22-16(12-29-19)20(25)28-11-18(24)21-15-5-3-4-6-17(15)23(26)27/h3-10,12H,2,11H2,1H3,(H,21,24). The number of aryl methyl sites for hydroxylation is 1. The Bertz CT molecular complexity index is 1050. The monoisotopic (exact) mass is 411 g/mol. The van der Waals surface area contributed by atoms with E-state index >= 15 is 0 Å². The van der Waals surface area contributed by atoms with Crippen molar-refractivity contribution in [2.45, 2.75) is 13.3 Å². The second-order valence-corrected chi connectivity index (χ2v) is 6.85. The van der Waals surface area contributed by atoms with Crippen molar-refractivity contribution >= 4 is 34.6 Å². The average Bonchev–Trinajstić information content (AvgIpc) is 3.22. The lowest BCUT2D eigenvalue weighted by molar-refractivity contribution is -0.383. The smallest absolute Gasteiger partial charge is 0.358 e. The summed E-state index contributed by atoms with van der Waals surface area (Å²) in [7, 11) is 0. The summed E-state index contributed by atoms with van der Waals surface area (Å²) in [6.07, 6.45) is 0.934. The molecule has 0 aliphatic rings. The fourth-order valence-electron chi connectivity index (χ4n) is 2.51. The van der Waals surface area contributed by atoms with E-state index in [9.17, 15) is 19.7 Å². The summed E-state index contributed by atoms with van der Waals surface area (Å²) < 4.78 is 4.97. The minimum absolute atomic E-state index is 0.0324. The molecule has 0 saturated carbocycles. The van der Waals surface area contributed by atoms with E-state index in [1.807, 2.05) is 24.3 Å². The third-order valence-corrected chi connectivity index (χ3v) is 4.92. The molecule has 8 nitrogen and oxygen atoms in total. The van der Waals surface area contributed by atoms with Gasteiger partial charge in [-0.05, 0) is 18.1 Å². The predicted octanol–water partition coefficient (Wildman–Crippen LogP) is 4.08. The number of benzene rings is 2. The number of anilines is 1. The largest absolute Gasteiger partial charge is 0.451 e. The van der Waals surface area contributed by atoms with Gasteiger partial charge in [-0.3, -0.25) is 14.9 Å². The molecule has 9 heteroatoms. The van der Waals surface area contributed by atoms with Crippen LogP contribution in [-0.4, -0.2) is 28.4 Å². The number of para-hydroxylation sites is 2. The fourth-order valence-corrected chi connectivity index (χ4v) is 3.31. The Morgan fingerprint density at radius 1 is 1.17 bits per heavy atom. The van der Waals surface area contributed by atoms with Crippen LogP contribution in [0.1, 0.15) is 23.0 Å². The van der Waals surface area contributed by atoms with Gasteiger partial charge in [0.05, 0.1) is 4.92 Å². The first-order valence-corrected chi connectivity index (χ1v) is 9.61. The molecule has 1 aromatic heterocycles. The second-order valence-electron chi connectivity index (χ2n) is 5.99. The molecule has 0 radical (unpaired) electrons. The van der Waals surface area contributed by atoms with Crippen molar-refractivity contribution in [1.82, 2.24) is 4.98 Å². The number of hydrogen-bond acceptors (Lipinski definition) is 7. The molecule has 0 fully saturated rings. The van der Waals surface area contributed by atoms with Crippen molar-refractivity contribution in [3.8, 4) is 10.6 Å². The summed E-state index contributed by atoms with van der Waals surface area (Å²) in [5, 5.41) is 15.6. The molecular formula is C20H17N3O5S. The first-order valence-electron chi connectivity index (χ1n) is 8.73. The van der Waals surface area contributed by atoms with E-state index in [1.165, 1.54) is 35.1 Å². The van der Waals surface area contributed by atoms with Gasteiger partial charge in [-0.15, -0.1) is 11.3 Å². The number of rotatable bonds is 7. The van der Waals surface area contributed by atoms with Crippen LogP contribution in [-0.2, 0) is 16.0 Å². The zero-order valence-electron chi connectivity index (χ0n) is 15.5. The number of hydrogen-bond donors (Lipinski definition) is 1. The van der Waals surface area contributed by atoms with E-state index in [1.54, 1.807) is 11.4 Å². The van der Waals surface area contributed by atoms with Gasteiger partial charge in [0.15, 0.2) is 12.3 Å². The second kappa shape index (κ2) is 9.07. The summed E-state index contributed by atoms with van der Waals surface area (Å²) in [6, 6.07) is 13.6. The summed E-state index contributed by atoms with van der Waals surface area (Å²) >= 11 is 1.30. The Kier molecular flexibility index (Phi) is 6.30. The molecule has 0 atom stereocenters. The molecule has 1 amide bonds. The number of thiazole rings is 1. The molecule has 1 heterocycles. The Morgan fingerprint density at radius 3 is 2.59 bits per heavy atom. The van der Waals surface area contributed by atoms with Crippen LogP contribution in [0.15, 0.2) is 53.9 Å². The molecule has 3 aromatic rings. The molecule has 1 N–H and O–H groups in total. The molecule has 3 rings (SSSR count). The molecule has 0 aliphatic carbocycles. The van der Waals surface area contributed by atoms with Crippen molar-refractivity contribution in [3.63, 3.8) is 0 Å². The van der Waals surface area contributed by atoms with Gasteiger partial charge >= 0.3 is 5.97 Å². The molecule has 0 saturated heterocycles. The van der Waals surface area contributed by atoms with Gasteiger partial charge in [0.1, 0.15) is 10.7 Å². The minimum atomic E-state index is -0.740. The number of nitrogens with one attached hydrogen (secondary N) is 1. The van der Waals surface area contributed by atoms with Crippen molar-refractivity contribution in [2.24, 2.45) is 0 Å². The molecule has 0 unspecified atom stereocenters. The van der Waals surface area contributed by atoms with Crippen molar-refractivity contribution in [3.05, 3.63) is 75.3 Å². The third-order valence-electron chi connectivity index (χ3n) is 4.03. The highest BCUT2D eigenvalue weighted by atomic mass is 32.1. The van der Waals surface area contributed by atoms with Crippen LogP contribution < -0.4 is 5.32 Å². The van der Waals surface area contributed by atoms with Crippen LogP contribution in [0, 0.1) is 10.1 Å². The average molecular weight is 411 g/mol. The van der Waals surface area contributed by atoms with Crippen LogP contribution in [0.4, 0.5) is 11.4 Å². The summed E-state index contributed by atoms with van der Waals surface area (Å²) in [4.78, 5) is 38.8. The maximum absolute atomic E-state index is 12.2. The molecule has 0 aliphatic heterocycles. The van der Waals surface area contributed by atoms with E-state index < -0.39 is 23.4 Å². The zero-order valence-corrected chi connectivity index (χ0v) is 16.3. The van der Waals surface area contributed by atoms with Gasteiger partial charge in [-0.25, -0.2) is 9.78 Å². The summed E-state index contributed by atoms with van der Waals surface area (Å²) in [6.45, 7) is 1.49.